The first-order valence-electron chi connectivity index (χ1n) is 7.89. The highest BCUT2D eigenvalue weighted by Crippen LogP contribution is 2.26. The smallest absolute Gasteiger partial charge is 0.349 e. The highest BCUT2D eigenvalue weighted by atomic mass is 16.5. The number of carbonyl (C=O) groups is 1. The number of ether oxygens (including phenoxy) is 1. The molecule has 1 aliphatic rings. The highest BCUT2D eigenvalue weighted by molar-refractivity contribution is 5.97. The van der Waals surface area contributed by atoms with Gasteiger partial charge < -0.3 is 14.1 Å². The molecule has 1 aromatic heterocycles. The Kier molecular flexibility index (Phi) is 4.11. The molecule has 1 aliphatic heterocycles. The van der Waals surface area contributed by atoms with E-state index < -0.39 is 5.63 Å². The molecule has 2 atom stereocenters. The molecule has 0 aliphatic carbocycles. The molecular weight excluding hydrogens is 294 g/mol. The van der Waals surface area contributed by atoms with Crippen LogP contribution in [0.1, 0.15) is 30.6 Å². The summed E-state index contributed by atoms with van der Waals surface area (Å²) in [7, 11) is 1.52. The van der Waals surface area contributed by atoms with Crippen LogP contribution in [0, 0.1) is 11.8 Å². The van der Waals surface area contributed by atoms with Gasteiger partial charge in [0.15, 0.2) is 11.3 Å². The maximum absolute atomic E-state index is 12.7. The number of amides is 1. The molecule has 5 heteroatoms. The SMILES string of the molecule is COc1cccc2cc(C(=O)N3CC(C)CC(C)C3)c(=O)oc12. The Hall–Kier alpha value is -2.30. The fourth-order valence-corrected chi connectivity index (χ4v) is 3.43. The van der Waals surface area contributed by atoms with Gasteiger partial charge in [0.2, 0.25) is 0 Å². The first kappa shape index (κ1) is 15.6. The lowest BCUT2D eigenvalue weighted by Gasteiger charge is -2.34. The van der Waals surface area contributed by atoms with Crippen molar-refractivity contribution >= 4 is 16.9 Å². The topological polar surface area (TPSA) is 59.8 Å². The van der Waals surface area contributed by atoms with Crippen molar-refractivity contribution < 1.29 is 13.9 Å². The standard InChI is InChI=1S/C18H21NO4/c1-11-7-12(2)10-19(9-11)17(20)14-8-13-5-4-6-15(22-3)16(13)23-18(14)21/h4-6,8,11-12H,7,9-10H2,1-3H3. The fourth-order valence-electron chi connectivity index (χ4n) is 3.43. The Bertz CT molecular complexity index is 785. The third-order valence-electron chi connectivity index (χ3n) is 4.33. The number of likely N-dealkylation sites (tertiary alicyclic amines) is 1. The van der Waals surface area contributed by atoms with Crippen molar-refractivity contribution in [2.75, 3.05) is 20.2 Å². The summed E-state index contributed by atoms with van der Waals surface area (Å²) < 4.78 is 10.6. The molecule has 0 saturated carbocycles. The van der Waals surface area contributed by atoms with E-state index in [0.29, 0.717) is 41.6 Å². The molecule has 3 rings (SSSR count). The summed E-state index contributed by atoms with van der Waals surface area (Å²) in [6, 6.07) is 6.94. The molecule has 1 aromatic carbocycles. The molecule has 0 N–H and O–H groups in total. The van der Waals surface area contributed by atoms with Gasteiger partial charge in [-0.3, -0.25) is 4.79 Å². The lowest BCUT2D eigenvalue weighted by molar-refractivity contribution is 0.0619. The van der Waals surface area contributed by atoms with E-state index in [-0.39, 0.29) is 11.5 Å². The number of benzene rings is 1. The number of piperidine rings is 1. The van der Waals surface area contributed by atoms with E-state index in [2.05, 4.69) is 13.8 Å². The van der Waals surface area contributed by atoms with E-state index in [9.17, 15) is 9.59 Å². The quantitative estimate of drug-likeness (QED) is 0.800. The van der Waals surface area contributed by atoms with Gasteiger partial charge in [-0.05, 0) is 30.4 Å². The third kappa shape index (κ3) is 2.96. The van der Waals surface area contributed by atoms with Crippen molar-refractivity contribution in [2.45, 2.75) is 20.3 Å². The summed E-state index contributed by atoms with van der Waals surface area (Å²) >= 11 is 0. The van der Waals surface area contributed by atoms with Gasteiger partial charge >= 0.3 is 5.63 Å². The van der Waals surface area contributed by atoms with Gasteiger partial charge in [0.05, 0.1) is 7.11 Å². The van der Waals surface area contributed by atoms with E-state index in [1.165, 1.54) is 7.11 Å². The van der Waals surface area contributed by atoms with Crippen molar-refractivity contribution in [1.29, 1.82) is 0 Å². The van der Waals surface area contributed by atoms with E-state index in [4.69, 9.17) is 9.15 Å². The minimum Gasteiger partial charge on any atom is -0.493 e. The Labute approximate surface area is 134 Å². The second kappa shape index (κ2) is 6.07. The molecule has 2 unspecified atom stereocenters. The predicted molar refractivity (Wildman–Crippen MR) is 87.9 cm³/mol. The van der Waals surface area contributed by atoms with Crippen LogP contribution in [0.2, 0.25) is 0 Å². The Morgan fingerprint density at radius 3 is 2.61 bits per heavy atom. The summed E-state index contributed by atoms with van der Waals surface area (Å²) in [6.45, 7) is 5.62. The van der Waals surface area contributed by atoms with Gasteiger partial charge in [0.25, 0.3) is 5.91 Å². The van der Waals surface area contributed by atoms with Crippen molar-refractivity contribution in [3.63, 3.8) is 0 Å². The summed E-state index contributed by atoms with van der Waals surface area (Å²) in [5, 5.41) is 0.686. The largest absolute Gasteiger partial charge is 0.493 e. The fraction of sp³-hybridized carbons (Fsp3) is 0.444. The molecule has 5 nitrogen and oxygen atoms in total. The number of hydrogen-bond donors (Lipinski definition) is 0. The first-order valence-corrected chi connectivity index (χ1v) is 7.89. The zero-order chi connectivity index (χ0) is 16.6. The second-order valence-electron chi connectivity index (χ2n) is 6.48. The number of carbonyl (C=O) groups excluding carboxylic acids is 1. The van der Waals surface area contributed by atoms with Crippen molar-refractivity contribution in [3.8, 4) is 5.75 Å². The van der Waals surface area contributed by atoms with Crippen LogP contribution in [0.5, 0.6) is 5.75 Å². The van der Waals surface area contributed by atoms with Crippen molar-refractivity contribution in [2.24, 2.45) is 11.8 Å². The van der Waals surface area contributed by atoms with Crippen LogP contribution in [0.3, 0.4) is 0 Å². The van der Waals surface area contributed by atoms with Gasteiger partial charge in [0.1, 0.15) is 5.56 Å². The Morgan fingerprint density at radius 2 is 1.96 bits per heavy atom. The number of nitrogens with zero attached hydrogens (tertiary/aromatic N) is 1. The van der Waals surface area contributed by atoms with E-state index in [0.717, 1.165) is 6.42 Å². The molecule has 0 spiro atoms. The molecular formula is C18H21NO4. The average molecular weight is 315 g/mol. The van der Waals surface area contributed by atoms with Gasteiger partial charge in [-0.1, -0.05) is 26.0 Å². The number of methoxy groups -OCH3 is 1. The predicted octanol–water partition coefficient (Wildman–Crippen LogP) is 2.92. The van der Waals surface area contributed by atoms with Crippen LogP contribution in [-0.4, -0.2) is 31.0 Å². The summed E-state index contributed by atoms with van der Waals surface area (Å²) in [6.07, 6.45) is 1.10. The minimum atomic E-state index is -0.613. The number of hydrogen-bond acceptors (Lipinski definition) is 4. The highest BCUT2D eigenvalue weighted by Gasteiger charge is 2.28. The third-order valence-corrected chi connectivity index (χ3v) is 4.33. The van der Waals surface area contributed by atoms with Gasteiger partial charge in [-0.25, -0.2) is 4.79 Å². The molecule has 1 fully saturated rings. The summed E-state index contributed by atoms with van der Waals surface area (Å²) in [4.78, 5) is 26.8. The second-order valence-corrected chi connectivity index (χ2v) is 6.48. The van der Waals surface area contributed by atoms with Gasteiger partial charge in [0, 0.05) is 18.5 Å². The van der Waals surface area contributed by atoms with Gasteiger partial charge in [-0.2, -0.15) is 0 Å². The zero-order valence-electron chi connectivity index (χ0n) is 13.7. The lowest BCUT2D eigenvalue weighted by Crippen LogP contribution is -2.43. The van der Waals surface area contributed by atoms with E-state index in [1.54, 1.807) is 29.2 Å². The van der Waals surface area contributed by atoms with Crippen LogP contribution in [0.25, 0.3) is 11.0 Å². The molecule has 0 radical (unpaired) electrons. The number of para-hydroxylation sites is 1. The average Bonchev–Trinajstić information content (AvgIpc) is 2.52. The van der Waals surface area contributed by atoms with Crippen LogP contribution in [-0.2, 0) is 0 Å². The molecule has 1 saturated heterocycles. The first-order chi connectivity index (χ1) is 11.0. The number of rotatable bonds is 2. The van der Waals surface area contributed by atoms with Crippen LogP contribution < -0.4 is 10.4 Å². The monoisotopic (exact) mass is 315 g/mol. The molecule has 2 aromatic rings. The minimum absolute atomic E-state index is 0.0899. The maximum atomic E-state index is 12.7. The van der Waals surface area contributed by atoms with E-state index >= 15 is 0 Å². The zero-order valence-corrected chi connectivity index (χ0v) is 13.7. The molecule has 1 amide bonds. The summed E-state index contributed by atoms with van der Waals surface area (Å²) in [5.41, 5.74) is -0.151. The molecule has 2 heterocycles. The van der Waals surface area contributed by atoms with Crippen LogP contribution in [0.15, 0.2) is 33.5 Å². The summed E-state index contributed by atoms with van der Waals surface area (Å²) in [5.74, 6) is 1.12. The normalized spacial score (nSPS) is 21.4. The van der Waals surface area contributed by atoms with Crippen LogP contribution in [0.4, 0.5) is 0 Å². The van der Waals surface area contributed by atoms with Gasteiger partial charge in [-0.15, -0.1) is 0 Å². The van der Waals surface area contributed by atoms with Crippen molar-refractivity contribution in [1.82, 2.24) is 4.90 Å². The lowest BCUT2D eigenvalue weighted by atomic mass is 9.91. The Morgan fingerprint density at radius 1 is 1.26 bits per heavy atom. The Balaban J connectivity index is 2.01. The molecule has 0 bridgehead atoms. The molecule has 122 valence electrons. The van der Waals surface area contributed by atoms with Crippen molar-refractivity contribution in [3.05, 3.63) is 40.2 Å². The maximum Gasteiger partial charge on any atom is 0.349 e. The molecule has 23 heavy (non-hydrogen) atoms. The van der Waals surface area contributed by atoms with Crippen LogP contribution >= 0.6 is 0 Å². The van der Waals surface area contributed by atoms with E-state index in [1.807, 2.05) is 0 Å². The number of fused-ring (bicyclic) bond motifs is 1.